The van der Waals surface area contributed by atoms with Gasteiger partial charge in [-0.1, -0.05) is 12.1 Å². The monoisotopic (exact) mass is 322 g/mol. The Morgan fingerprint density at radius 2 is 1.92 bits per heavy atom. The summed E-state index contributed by atoms with van der Waals surface area (Å²) in [5, 5.41) is 11.6. The van der Waals surface area contributed by atoms with Gasteiger partial charge < -0.3 is 10.2 Å². The maximum Gasteiger partial charge on any atom is 0.233 e. The van der Waals surface area contributed by atoms with Gasteiger partial charge in [-0.2, -0.15) is 5.26 Å². The molecule has 2 amide bonds. The van der Waals surface area contributed by atoms with Gasteiger partial charge in [-0.15, -0.1) is 0 Å². The predicted molar refractivity (Wildman–Crippen MR) is 90.0 cm³/mol. The second kappa shape index (κ2) is 8.44. The van der Waals surface area contributed by atoms with E-state index in [2.05, 4.69) is 10.3 Å². The number of likely N-dealkylation sites (N-methyl/N-ethyl adjacent to an activating group) is 1. The van der Waals surface area contributed by atoms with Crippen LogP contribution in [0, 0.1) is 11.3 Å². The van der Waals surface area contributed by atoms with E-state index < -0.39 is 5.91 Å². The fourth-order valence-electron chi connectivity index (χ4n) is 2.13. The van der Waals surface area contributed by atoms with Crippen molar-refractivity contribution in [1.29, 1.82) is 5.26 Å². The smallest absolute Gasteiger partial charge is 0.233 e. The minimum absolute atomic E-state index is 0.257. The molecule has 1 aromatic carbocycles. The van der Waals surface area contributed by atoms with E-state index in [4.69, 9.17) is 5.26 Å². The van der Waals surface area contributed by atoms with Gasteiger partial charge in [-0.25, -0.2) is 0 Å². The van der Waals surface area contributed by atoms with Crippen LogP contribution < -0.4 is 5.32 Å². The summed E-state index contributed by atoms with van der Waals surface area (Å²) >= 11 is 0. The molecule has 0 fully saturated rings. The lowest BCUT2D eigenvalue weighted by Gasteiger charge is -2.17. The Labute approximate surface area is 140 Å². The minimum Gasteiger partial charge on any atom is -0.345 e. The first-order valence-corrected chi connectivity index (χ1v) is 7.52. The molecule has 122 valence electrons. The summed E-state index contributed by atoms with van der Waals surface area (Å²) in [4.78, 5) is 29.6. The molecule has 1 heterocycles. The van der Waals surface area contributed by atoms with Crippen molar-refractivity contribution in [2.75, 3.05) is 18.9 Å². The number of nitrogens with one attached hydrogen (secondary N) is 1. The second-order valence-electron chi connectivity index (χ2n) is 5.30. The lowest BCUT2D eigenvalue weighted by molar-refractivity contribution is -0.133. The highest BCUT2D eigenvalue weighted by Gasteiger charge is 2.15. The molecule has 0 bridgehead atoms. The van der Waals surface area contributed by atoms with Crippen LogP contribution in [-0.2, 0) is 16.0 Å². The number of hydrogen-bond acceptors (Lipinski definition) is 4. The van der Waals surface area contributed by atoms with E-state index in [0.29, 0.717) is 24.2 Å². The average molecular weight is 322 g/mol. The number of pyridine rings is 1. The molecule has 1 N–H and O–H groups in total. The van der Waals surface area contributed by atoms with Gasteiger partial charge in [0.2, 0.25) is 11.8 Å². The van der Waals surface area contributed by atoms with E-state index in [1.54, 1.807) is 43.7 Å². The zero-order valence-corrected chi connectivity index (χ0v) is 13.4. The normalized spacial score (nSPS) is 9.83. The Balaban J connectivity index is 1.84. The Bertz CT molecular complexity index is 753. The number of amides is 2. The van der Waals surface area contributed by atoms with Gasteiger partial charge in [0, 0.05) is 26.0 Å². The number of carbonyl (C=O) groups excluding carboxylic acids is 2. The van der Waals surface area contributed by atoms with E-state index in [0.717, 1.165) is 5.56 Å². The molecule has 2 aromatic rings. The van der Waals surface area contributed by atoms with E-state index in [9.17, 15) is 9.59 Å². The summed E-state index contributed by atoms with van der Waals surface area (Å²) in [6.45, 7) is 0.519. The number of para-hydroxylation sites is 1. The van der Waals surface area contributed by atoms with Crippen LogP contribution in [0.3, 0.4) is 0 Å². The van der Waals surface area contributed by atoms with Crippen LogP contribution in [0.2, 0.25) is 0 Å². The molecule has 0 aliphatic carbocycles. The van der Waals surface area contributed by atoms with Gasteiger partial charge in [0.15, 0.2) is 0 Å². The van der Waals surface area contributed by atoms with E-state index in [1.165, 1.54) is 4.90 Å². The molecule has 0 unspecified atom stereocenters. The summed E-state index contributed by atoms with van der Waals surface area (Å²) in [6, 6.07) is 12.5. The Morgan fingerprint density at radius 3 is 2.62 bits per heavy atom. The number of anilines is 1. The first-order valence-electron chi connectivity index (χ1n) is 7.52. The average Bonchev–Trinajstić information content (AvgIpc) is 2.60. The van der Waals surface area contributed by atoms with Gasteiger partial charge in [0.1, 0.15) is 12.5 Å². The molecule has 0 saturated carbocycles. The lowest BCUT2D eigenvalue weighted by atomic mass is 10.2. The predicted octanol–water partition coefficient (Wildman–Crippen LogP) is 1.98. The topological polar surface area (TPSA) is 86.1 Å². The zero-order chi connectivity index (χ0) is 17.4. The minimum atomic E-state index is -0.432. The molecule has 6 heteroatoms. The molecule has 0 aliphatic heterocycles. The van der Waals surface area contributed by atoms with Gasteiger partial charge in [0.25, 0.3) is 0 Å². The van der Waals surface area contributed by atoms with Crippen molar-refractivity contribution in [2.24, 2.45) is 0 Å². The molecule has 0 radical (unpaired) electrons. The van der Waals surface area contributed by atoms with Crippen molar-refractivity contribution in [2.45, 2.75) is 12.8 Å². The molecule has 0 saturated heterocycles. The maximum atomic E-state index is 12.1. The Kier molecular flexibility index (Phi) is 6.03. The number of carbonyl (C=O) groups is 2. The summed E-state index contributed by atoms with van der Waals surface area (Å²) in [5.41, 5.74) is 1.86. The molecule has 0 aliphatic rings. The number of nitriles is 1. The fourth-order valence-corrected chi connectivity index (χ4v) is 2.13. The highest BCUT2D eigenvalue weighted by atomic mass is 16.2. The molecule has 0 atom stereocenters. The molecular weight excluding hydrogens is 304 g/mol. The van der Waals surface area contributed by atoms with Crippen molar-refractivity contribution in [3.8, 4) is 6.07 Å². The highest BCUT2D eigenvalue weighted by Crippen LogP contribution is 2.13. The second-order valence-corrected chi connectivity index (χ2v) is 5.30. The van der Waals surface area contributed by atoms with Gasteiger partial charge in [-0.05, 0) is 36.2 Å². The van der Waals surface area contributed by atoms with Crippen LogP contribution in [0.1, 0.15) is 17.5 Å². The van der Waals surface area contributed by atoms with Crippen molar-refractivity contribution in [3.05, 3.63) is 59.9 Å². The van der Waals surface area contributed by atoms with Gasteiger partial charge in [-0.3, -0.25) is 14.6 Å². The van der Waals surface area contributed by atoms with Crippen molar-refractivity contribution in [1.82, 2.24) is 9.88 Å². The standard InChI is InChI=1S/C18H18N4O2/c1-22(11-8-14-6-9-20-10-7-14)18(24)12-17(23)21-16-5-3-2-4-15(16)13-19/h2-7,9-10H,8,11-12H2,1H3,(H,21,23). The third-order valence-corrected chi connectivity index (χ3v) is 3.54. The SMILES string of the molecule is CN(CCc1ccncc1)C(=O)CC(=O)Nc1ccccc1C#N. The highest BCUT2D eigenvalue weighted by molar-refractivity contribution is 6.04. The summed E-state index contributed by atoms with van der Waals surface area (Å²) in [6.07, 6.45) is 3.85. The molecule has 24 heavy (non-hydrogen) atoms. The van der Waals surface area contributed by atoms with Crippen molar-refractivity contribution >= 4 is 17.5 Å². The zero-order valence-electron chi connectivity index (χ0n) is 13.4. The van der Waals surface area contributed by atoms with Crippen LogP contribution in [0.15, 0.2) is 48.8 Å². The lowest BCUT2D eigenvalue weighted by Crippen LogP contribution is -2.32. The molecule has 2 rings (SSSR count). The Hall–Kier alpha value is -3.20. The van der Waals surface area contributed by atoms with Crippen LogP contribution in [-0.4, -0.2) is 35.3 Å². The molecular formula is C18H18N4O2. The van der Waals surface area contributed by atoms with E-state index in [1.807, 2.05) is 18.2 Å². The first-order chi connectivity index (χ1) is 11.6. The fraction of sp³-hybridized carbons (Fsp3) is 0.222. The summed E-state index contributed by atoms with van der Waals surface area (Å²) in [5.74, 6) is -0.700. The Morgan fingerprint density at radius 1 is 1.21 bits per heavy atom. The number of hydrogen-bond donors (Lipinski definition) is 1. The van der Waals surface area contributed by atoms with Crippen molar-refractivity contribution < 1.29 is 9.59 Å². The quantitative estimate of drug-likeness (QED) is 0.824. The van der Waals surface area contributed by atoms with E-state index in [-0.39, 0.29) is 12.3 Å². The van der Waals surface area contributed by atoms with Crippen LogP contribution in [0.5, 0.6) is 0 Å². The number of rotatable bonds is 6. The van der Waals surface area contributed by atoms with Crippen LogP contribution in [0.25, 0.3) is 0 Å². The summed E-state index contributed by atoms with van der Waals surface area (Å²) < 4.78 is 0. The molecule has 6 nitrogen and oxygen atoms in total. The number of nitrogens with zero attached hydrogens (tertiary/aromatic N) is 3. The molecule has 0 spiro atoms. The first kappa shape index (κ1) is 17.2. The summed E-state index contributed by atoms with van der Waals surface area (Å²) in [7, 11) is 1.67. The number of aromatic nitrogens is 1. The molecule has 1 aromatic heterocycles. The van der Waals surface area contributed by atoms with Gasteiger partial charge in [0.05, 0.1) is 11.3 Å². The van der Waals surface area contributed by atoms with E-state index >= 15 is 0 Å². The van der Waals surface area contributed by atoms with Crippen molar-refractivity contribution in [3.63, 3.8) is 0 Å². The third-order valence-electron chi connectivity index (χ3n) is 3.54. The maximum absolute atomic E-state index is 12.1. The number of benzene rings is 1. The van der Waals surface area contributed by atoms with Crippen LogP contribution >= 0.6 is 0 Å². The van der Waals surface area contributed by atoms with Crippen LogP contribution in [0.4, 0.5) is 5.69 Å². The largest absolute Gasteiger partial charge is 0.345 e. The van der Waals surface area contributed by atoms with Gasteiger partial charge >= 0.3 is 0 Å². The third kappa shape index (κ3) is 4.92.